The van der Waals surface area contributed by atoms with Gasteiger partial charge in [0.2, 0.25) is 5.95 Å². The van der Waals surface area contributed by atoms with Gasteiger partial charge >= 0.3 is 0 Å². The van der Waals surface area contributed by atoms with Gasteiger partial charge in [-0.25, -0.2) is 4.39 Å². The van der Waals surface area contributed by atoms with E-state index in [1.54, 1.807) is 18.3 Å². The SMILES string of the molecule is Fc1ccc(CCNc2nncc(NCC3CCCO3)n2)cc1. The molecule has 0 radical (unpaired) electrons. The average Bonchev–Trinajstić information content (AvgIpc) is 3.09. The molecule has 0 bridgehead atoms. The van der Waals surface area contributed by atoms with E-state index in [1.165, 1.54) is 12.1 Å². The number of halogens is 1. The summed E-state index contributed by atoms with van der Waals surface area (Å²) in [5.41, 5.74) is 1.06. The number of benzene rings is 1. The van der Waals surface area contributed by atoms with E-state index in [2.05, 4.69) is 25.8 Å². The van der Waals surface area contributed by atoms with Crippen LogP contribution in [-0.4, -0.2) is 41.0 Å². The molecule has 2 N–H and O–H groups in total. The smallest absolute Gasteiger partial charge is 0.244 e. The summed E-state index contributed by atoms with van der Waals surface area (Å²) in [7, 11) is 0. The normalized spacial score (nSPS) is 17.2. The van der Waals surface area contributed by atoms with Crippen molar-refractivity contribution >= 4 is 11.8 Å². The van der Waals surface area contributed by atoms with Crippen molar-refractivity contribution in [3.8, 4) is 0 Å². The van der Waals surface area contributed by atoms with Crippen LogP contribution < -0.4 is 10.6 Å². The molecule has 1 atom stereocenters. The molecule has 2 heterocycles. The maximum absolute atomic E-state index is 12.8. The number of nitrogens with zero attached hydrogens (tertiary/aromatic N) is 3. The molecule has 1 aliphatic rings. The molecule has 1 aliphatic heterocycles. The molecule has 6 nitrogen and oxygen atoms in total. The lowest BCUT2D eigenvalue weighted by atomic mass is 10.1. The first kappa shape index (κ1) is 15.6. The number of anilines is 2. The van der Waals surface area contributed by atoms with Gasteiger partial charge < -0.3 is 15.4 Å². The maximum Gasteiger partial charge on any atom is 0.244 e. The second-order valence-electron chi connectivity index (χ2n) is 5.48. The number of rotatable bonds is 7. The Morgan fingerprint density at radius 2 is 2.09 bits per heavy atom. The topological polar surface area (TPSA) is 72.0 Å². The Bertz CT molecular complexity index is 616. The molecule has 122 valence electrons. The highest BCUT2D eigenvalue weighted by atomic mass is 19.1. The molecule has 1 aromatic heterocycles. The van der Waals surface area contributed by atoms with Gasteiger partial charge in [0, 0.05) is 19.7 Å². The highest BCUT2D eigenvalue weighted by molar-refractivity contribution is 5.37. The van der Waals surface area contributed by atoms with Crippen molar-refractivity contribution in [1.29, 1.82) is 0 Å². The second kappa shape index (κ2) is 7.82. The summed E-state index contributed by atoms with van der Waals surface area (Å²) in [5, 5.41) is 14.2. The molecular weight excluding hydrogens is 297 g/mol. The third kappa shape index (κ3) is 4.85. The van der Waals surface area contributed by atoms with Gasteiger partial charge in [-0.15, -0.1) is 5.10 Å². The third-order valence-corrected chi connectivity index (χ3v) is 3.70. The molecule has 1 saturated heterocycles. The maximum atomic E-state index is 12.8. The fourth-order valence-electron chi connectivity index (χ4n) is 2.46. The number of nitrogens with one attached hydrogen (secondary N) is 2. The Morgan fingerprint density at radius 3 is 2.87 bits per heavy atom. The number of hydrogen-bond acceptors (Lipinski definition) is 6. The van der Waals surface area contributed by atoms with Gasteiger partial charge in [-0.1, -0.05) is 12.1 Å². The van der Waals surface area contributed by atoms with Crippen molar-refractivity contribution in [3.05, 3.63) is 41.8 Å². The minimum absolute atomic E-state index is 0.223. The van der Waals surface area contributed by atoms with Crippen LogP contribution in [-0.2, 0) is 11.2 Å². The summed E-state index contributed by atoms with van der Waals surface area (Å²) in [6, 6.07) is 6.47. The van der Waals surface area contributed by atoms with Crippen molar-refractivity contribution in [1.82, 2.24) is 15.2 Å². The largest absolute Gasteiger partial charge is 0.376 e. The van der Waals surface area contributed by atoms with Gasteiger partial charge in [0.15, 0.2) is 5.82 Å². The van der Waals surface area contributed by atoms with Crippen LogP contribution in [0.5, 0.6) is 0 Å². The summed E-state index contributed by atoms with van der Waals surface area (Å²) in [6.45, 7) is 2.22. The Hall–Kier alpha value is -2.28. The van der Waals surface area contributed by atoms with Crippen LogP contribution in [0.4, 0.5) is 16.2 Å². The summed E-state index contributed by atoms with van der Waals surface area (Å²) >= 11 is 0. The van der Waals surface area contributed by atoms with Gasteiger partial charge in [0.05, 0.1) is 12.3 Å². The van der Waals surface area contributed by atoms with Crippen LogP contribution in [0.1, 0.15) is 18.4 Å². The Kier molecular flexibility index (Phi) is 5.31. The van der Waals surface area contributed by atoms with Crippen molar-refractivity contribution in [2.75, 3.05) is 30.3 Å². The van der Waals surface area contributed by atoms with Gasteiger partial charge in [-0.2, -0.15) is 10.1 Å². The summed E-state index contributed by atoms with van der Waals surface area (Å²) in [6.07, 6.45) is 4.80. The minimum atomic E-state index is -0.223. The van der Waals surface area contributed by atoms with Crippen molar-refractivity contribution < 1.29 is 9.13 Å². The Labute approximate surface area is 134 Å². The zero-order valence-electron chi connectivity index (χ0n) is 12.8. The second-order valence-corrected chi connectivity index (χ2v) is 5.48. The Balaban J connectivity index is 1.46. The molecule has 0 spiro atoms. The summed E-state index contributed by atoms with van der Waals surface area (Å²) < 4.78 is 18.4. The fourth-order valence-corrected chi connectivity index (χ4v) is 2.46. The first-order chi connectivity index (χ1) is 11.3. The van der Waals surface area contributed by atoms with E-state index in [4.69, 9.17) is 4.74 Å². The molecule has 1 aromatic carbocycles. The Morgan fingerprint density at radius 1 is 1.22 bits per heavy atom. The van der Waals surface area contributed by atoms with Gasteiger partial charge in [-0.3, -0.25) is 0 Å². The molecule has 0 amide bonds. The summed E-state index contributed by atoms with van der Waals surface area (Å²) in [4.78, 5) is 4.37. The van der Waals surface area contributed by atoms with Crippen molar-refractivity contribution in [3.63, 3.8) is 0 Å². The first-order valence-corrected chi connectivity index (χ1v) is 7.83. The van der Waals surface area contributed by atoms with Crippen LogP contribution >= 0.6 is 0 Å². The zero-order chi connectivity index (χ0) is 15.9. The van der Waals surface area contributed by atoms with E-state index < -0.39 is 0 Å². The highest BCUT2D eigenvalue weighted by Crippen LogP contribution is 2.13. The van der Waals surface area contributed by atoms with E-state index in [1.807, 2.05) is 0 Å². The molecule has 0 saturated carbocycles. The molecular formula is C16H20FN5O. The van der Waals surface area contributed by atoms with Gasteiger partial charge in [0.25, 0.3) is 0 Å². The minimum Gasteiger partial charge on any atom is -0.376 e. The third-order valence-electron chi connectivity index (χ3n) is 3.70. The molecule has 3 rings (SSSR count). The van der Waals surface area contributed by atoms with Crippen molar-refractivity contribution in [2.24, 2.45) is 0 Å². The lowest BCUT2D eigenvalue weighted by molar-refractivity contribution is 0.120. The van der Waals surface area contributed by atoms with Gasteiger partial charge in [-0.05, 0) is 37.0 Å². The fraction of sp³-hybridized carbons (Fsp3) is 0.438. The number of hydrogen-bond donors (Lipinski definition) is 2. The molecule has 1 unspecified atom stereocenters. The molecule has 2 aromatic rings. The lowest BCUT2D eigenvalue weighted by Gasteiger charge is -2.11. The van der Waals surface area contributed by atoms with E-state index in [-0.39, 0.29) is 11.9 Å². The van der Waals surface area contributed by atoms with E-state index in [9.17, 15) is 4.39 Å². The van der Waals surface area contributed by atoms with Crippen LogP contribution in [0.25, 0.3) is 0 Å². The molecule has 0 aliphatic carbocycles. The monoisotopic (exact) mass is 317 g/mol. The average molecular weight is 317 g/mol. The van der Waals surface area contributed by atoms with Crippen molar-refractivity contribution in [2.45, 2.75) is 25.4 Å². The van der Waals surface area contributed by atoms with Crippen LogP contribution in [0.2, 0.25) is 0 Å². The van der Waals surface area contributed by atoms with Crippen LogP contribution in [0.15, 0.2) is 30.5 Å². The van der Waals surface area contributed by atoms with Crippen LogP contribution in [0, 0.1) is 5.82 Å². The predicted molar refractivity (Wildman–Crippen MR) is 85.9 cm³/mol. The highest BCUT2D eigenvalue weighted by Gasteiger charge is 2.15. The molecule has 1 fully saturated rings. The standard InChI is InChI=1S/C16H20FN5O/c17-13-5-3-12(4-6-13)7-8-18-16-21-15(11-20-22-16)19-10-14-2-1-9-23-14/h3-6,11,14H,1-2,7-10H2,(H2,18,19,21,22). The predicted octanol–water partition coefficient (Wildman–Crippen LogP) is 2.26. The van der Waals surface area contributed by atoms with E-state index in [0.717, 1.165) is 38.0 Å². The van der Waals surface area contributed by atoms with E-state index in [0.29, 0.717) is 18.3 Å². The summed E-state index contributed by atoms with van der Waals surface area (Å²) in [5.74, 6) is 0.934. The van der Waals surface area contributed by atoms with Crippen LogP contribution in [0.3, 0.4) is 0 Å². The first-order valence-electron chi connectivity index (χ1n) is 7.83. The quantitative estimate of drug-likeness (QED) is 0.816. The van der Waals surface area contributed by atoms with E-state index >= 15 is 0 Å². The molecule has 23 heavy (non-hydrogen) atoms. The van der Waals surface area contributed by atoms with Gasteiger partial charge in [0.1, 0.15) is 5.82 Å². The molecule has 7 heteroatoms. The zero-order valence-corrected chi connectivity index (χ0v) is 12.8. The number of ether oxygens (including phenoxy) is 1. The lowest BCUT2D eigenvalue weighted by Crippen LogP contribution is -2.19. The number of aromatic nitrogens is 3.